The summed E-state index contributed by atoms with van der Waals surface area (Å²) in [4.78, 5) is 12.2. The van der Waals surface area contributed by atoms with Gasteiger partial charge in [0.05, 0.1) is 11.4 Å². The van der Waals surface area contributed by atoms with Crippen molar-refractivity contribution in [3.05, 3.63) is 52.8 Å². The lowest BCUT2D eigenvalue weighted by Crippen LogP contribution is -2.21. The number of carbonyl (C=O) groups is 1. The highest BCUT2D eigenvalue weighted by molar-refractivity contribution is 9.10. The van der Waals surface area contributed by atoms with Gasteiger partial charge in [0.25, 0.3) is 5.91 Å². The van der Waals surface area contributed by atoms with Crippen LogP contribution in [0.3, 0.4) is 0 Å². The fourth-order valence-electron chi connectivity index (χ4n) is 1.78. The third kappa shape index (κ3) is 6.58. The molecule has 0 spiro atoms. The molecule has 2 rings (SSSR count). The lowest BCUT2D eigenvalue weighted by Gasteiger charge is -2.12. The average Bonchev–Trinajstić information content (AvgIpc) is 2.52. The molecular weight excluding hydrogens is 426 g/mol. The second-order valence-corrected chi connectivity index (χ2v) is 6.74. The Kier molecular flexibility index (Phi) is 6.71. The standard InChI is InChI=1S/C16H12BrF4NO2S/c17-10-5-6-13(11(18)7-10)24-8-15(23)22-12-3-1-2-4-14(12)25-9-16(19,20)21/h1-7H,8-9H2,(H,22,23). The molecule has 0 radical (unpaired) electrons. The third-order valence-corrected chi connectivity index (χ3v) is 4.44. The molecule has 2 aromatic rings. The summed E-state index contributed by atoms with van der Waals surface area (Å²) < 4.78 is 56.2. The van der Waals surface area contributed by atoms with Gasteiger partial charge in [0, 0.05) is 9.37 Å². The molecule has 0 unspecified atom stereocenters. The van der Waals surface area contributed by atoms with E-state index in [1.54, 1.807) is 18.2 Å². The SMILES string of the molecule is O=C(COc1ccc(Br)cc1F)Nc1ccccc1SCC(F)(F)F. The molecule has 0 aliphatic heterocycles. The molecule has 1 N–H and O–H groups in total. The minimum Gasteiger partial charge on any atom is -0.481 e. The first-order valence-corrected chi connectivity index (χ1v) is 8.69. The van der Waals surface area contributed by atoms with Gasteiger partial charge in [0.15, 0.2) is 18.2 Å². The summed E-state index contributed by atoms with van der Waals surface area (Å²) in [5.41, 5.74) is 0.238. The van der Waals surface area contributed by atoms with Crippen molar-refractivity contribution in [3.8, 4) is 5.75 Å². The summed E-state index contributed by atoms with van der Waals surface area (Å²) in [6.07, 6.45) is -4.32. The number of halogens is 5. The first kappa shape index (κ1) is 19.6. The largest absolute Gasteiger partial charge is 0.481 e. The van der Waals surface area contributed by atoms with E-state index >= 15 is 0 Å². The maximum Gasteiger partial charge on any atom is 0.398 e. The number of carbonyl (C=O) groups excluding carboxylic acids is 1. The van der Waals surface area contributed by atoms with Gasteiger partial charge in [-0.05, 0) is 30.3 Å². The van der Waals surface area contributed by atoms with E-state index in [-0.39, 0.29) is 16.3 Å². The molecule has 0 aromatic heterocycles. The van der Waals surface area contributed by atoms with Crippen molar-refractivity contribution in [2.45, 2.75) is 11.1 Å². The summed E-state index contributed by atoms with van der Waals surface area (Å²) >= 11 is 3.67. The minimum atomic E-state index is -4.32. The second kappa shape index (κ2) is 8.57. The van der Waals surface area contributed by atoms with Gasteiger partial charge in [0.1, 0.15) is 0 Å². The van der Waals surface area contributed by atoms with E-state index in [0.29, 0.717) is 16.2 Å². The van der Waals surface area contributed by atoms with Crippen LogP contribution in [0.4, 0.5) is 23.2 Å². The highest BCUT2D eigenvalue weighted by Gasteiger charge is 2.27. The average molecular weight is 438 g/mol. The molecule has 0 aliphatic rings. The van der Waals surface area contributed by atoms with Crippen molar-refractivity contribution in [1.82, 2.24) is 0 Å². The number of hydrogen-bond acceptors (Lipinski definition) is 3. The topological polar surface area (TPSA) is 38.3 Å². The summed E-state index contributed by atoms with van der Waals surface area (Å²) in [6.45, 7) is -0.475. The summed E-state index contributed by atoms with van der Waals surface area (Å²) in [6, 6.07) is 10.2. The third-order valence-electron chi connectivity index (χ3n) is 2.81. The van der Waals surface area contributed by atoms with Crippen molar-refractivity contribution < 1.29 is 27.1 Å². The molecule has 0 saturated heterocycles. The normalized spacial score (nSPS) is 11.2. The number of anilines is 1. The zero-order chi connectivity index (χ0) is 18.4. The first-order chi connectivity index (χ1) is 11.7. The van der Waals surface area contributed by atoms with Crippen LogP contribution in [0.5, 0.6) is 5.75 Å². The minimum absolute atomic E-state index is 0.0990. The number of ether oxygens (including phenoxy) is 1. The zero-order valence-electron chi connectivity index (χ0n) is 12.6. The Balaban J connectivity index is 1.96. The van der Waals surface area contributed by atoms with Crippen molar-refractivity contribution in [1.29, 1.82) is 0 Å². The maximum absolute atomic E-state index is 13.6. The summed E-state index contributed by atoms with van der Waals surface area (Å²) in [5.74, 6) is -2.41. The monoisotopic (exact) mass is 437 g/mol. The number of benzene rings is 2. The molecule has 3 nitrogen and oxygen atoms in total. The fourth-order valence-corrected chi connectivity index (χ4v) is 2.88. The van der Waals surface area contributed by atoms with Gasteiger partial charge in [-0.15, -0.1) is 11.8 Å². The predicted octanol–water partition coefficient (Wildman–Crippen LogP) is 5.26. The van der Waals surface area contributed by atoms with Crippen molar-refractivity contribution >= 4 is 39.3 Å². The van der Waals surface area contributed by atoms with Crippen LogP contribution < -0.4 is 10.1 Å². The van der Waals surface area contributed by atoms with Crippen LogP contribution in [0, 0.1) is 5.82 Å². The molecule has 0 heterocycles. The summed E-state index contributed by atoms with van der Waals surface area (Å²) in [5, 5.41) is 2.46. The van der Waals surface area contributed by atoms with Crippen molar-refractivity contribution in [2.75, 3.05) is 17.7 Å². The number of rotatable bonds is 6. The van der Waals surface area contributed by atoms with Crippen LogP contribution in [-0.2, 0) is 4.79 Å². The molecule has 0 aliphatic carbocycles. The van der Waals surface area contributed by atoms with E-state index in [0.717, 1.165) is 0 Å². The fraction of sp³-hybridized carbons (Fsp3) is 0.188. The second-order valence-electron chi connectivity index (χ2n) is 4.81. The number of alkyl halides is 3. The van der Waals surface area contributed by atoms with Gasteiger partial charge in [-0.2, -0.15) is 13.2 Å². The summed E-state index contributed by atoms with van der Waals surface area (Å²) in [7, 11) is 0. The molecular formula is C16H12BrF4NO2S. The molecule has 0 atom stereocenters. The smallest absolute Gasteiger partial charge is 0.398 e. The van der Waals surface area contributed by atoms with Crippen molar-refractivity contribution in [2.24, 2.45) is 0 Å². The molecule has 9 heteroatoms. The molecule has 0 bridgehead atoms. The number of amides is 1. The van der Waals surface area contributed by atoms with Gasteiger partial charge in [0.2, 0.25) is 0 Å². The Hall–Kier alpha value is -1.74. The molecule has 0 saturated carbocycles. The van der Waals surface area contributed by atoms with Crippen LogP contribution in [0.2, 0.25) is 0 Å². The molecule has 25 heavy (non-hydrogen) atoms. The number of para-hydroxylation sites is 1. The molecule has 0 fully saturated rings. The van der Waals surface area contributed by atoms with Gasteiger partial charge in [-0.25, -0.2) is 4.39 Å². The Morgan fingerprint density at radius 1 is 1.20 bits per heavy atom. The van der Waals surface area contributed by atoms with Crippen LogP contribution in [0.1, 0.15) is 0 Å². The Morgan fingerprint density at radius 2 is 1.92 bits per heavy atom. The van der Waals surface area contributed by atoms with Gasteiger partial charge in [-0.1, -0.05) is 28.1 Å². The van der Waals surface area contributed by atoms with E-state index in [1.165, 1.54) is 24.3 Å². The van der Waals surface area contributed by atoms with E-state index in [4.69, 9.17) is 4.74 Å². The Labute approximate surface area is 153 Å². The van der Waals surface area contributed by atoms with Crippen LogP contribution in [0.25, 0.3) is 0 Å². The zero-order valence-corrected chi connectivity index (χ0v) is 15.0. The van der Waals surface area contributed by atoms with Crippen molar-refractivity contribution in [3.63, 3.8) is 0 Å². The number of thioether (sulfide) groups is 1. The van der Waals surface area contributed by atoms with Crippen LogP contribution >= 0.6 is 27.7 Å². The van der Waals surface area contributed by atoms with Crippen LogP contribution in [0.15, 0.2) is 51.8 Å². The number of hydrogen-bond donors (Lipinski definition) is 1. The Morgan fingerprint density at radius 3 is 2.60 bits per heavy atom. The highest BCUT2D eigenvalue weighted by atomic mass is 79.9. The van der Waals surface area contributed by atoms with Crippen LogP contribution in [-0.4, -0.2) is 24.4 Å². The molecule has 1 amide bonds. The quantitative estimate of drug-likeness (QED) is 0.494. The van der Waals surface area contributed by atoms with E-state index in [2.05, 4.69) is 21.2 Å². The molecule has 134 valence electrons. The molecule has 2 aromatic carbocycles. The van der Waals surface area contributed by atoms with Gasteiger partial charge >= 0.3 is 6.18 Å². The lowest BCUT2D eigenvalue weighted by molar-refractivity contribution is -0.118. The van der Waals surface area contributed by atoms with E-state index in [1.807, 2.05) is 0 Å². The lowest BCUT2D eigenvalue weighted by atomic mass is 10.3. The van der Waals surface area contributed by atoms with E-state index in [9.17, 15) is 22.4 Å². The Bertz CT molecular complexity index is 755. The maximum atomic E-state index is 13.6. The van der Waals surface area contributed by atoms with Gasteiger partial charge < -0.3 is 10.1 Å². The highest BCUT2D eigenvalue weighted by Crippen LogP contribution is 2.32. The van der Waals surface area contributed by atoms with E-state index < -0.39 is 30.3 Å². The number of nitrogens with one attached hydrogen (secondary N) is 1. The first-order valence-electron chi connectivity index (χ1n) is 6.91. The predicted molar refractivity (Wildman–Crippen MR) is 91.4 cm³/mol. The van der Waals surface area contributed by atoms with Gasteiger partial charge in [-0.3, -0.25) is 4.79 Å².